The minimum Gasteiger partial charge on any atom is -0.349 e. The number of carbonyl (C=O) groups excluding carboxylic acids is 1. The maximum absolute atomic E-state index is 14.6. The number of nitrogens with zero attached hydrogens (tertiary/aromatic N) is 2. The van der Waals surface area contributed by atoms with Crippen LogP contribution < -0.4 is 5.32 Å². The van der Waals surface area contributed by atoms with Crippen LogP contribution in [-0.2, 0) is 6.54 Å². The Morgan fingerprint density at radius 2 is 1.67 bits per heavy atom. The summed E-state index contributed by atoms with van der Waals surface area (Å²) in [5.74, 6) is 0.366. The van der Waals surface area contributed by atoms with E-state index < -0.39 is 0 Å². The van der Waals surface area contributed by atoms with E-state index in [9.17, 15) is 9.18 Å². The van der Waals surface area contributed by atoms with Gasteiger partial charge in [-0.25, -0.2) is 4.39 Å². The van der Waals surface area contributed by atoms with Crippen molar-refractivity contribution in [3.8, 4) is 17.2 Å². The first-order chi connectivity index (χ1) is 17.4. The minimum atomic E-state index is -0.317. The molecule has 6 rings (SSSR count). The first-order valence-electron chi connectivity index (χ1n) is 12.6. The van der Waals surface area contributed by atoms with Crippen LogP contribution in [0.5, 0.6) is 0 Å². The highest BCUT2D eigenvalue weighted by Gasteiger charge is 2.51. The molecule has 0 aliphatic heterocycles. The van der Waals surface area contributed by atoms with Crippen molar-refractivity contribution in [3.05, 3.63) is 95.4 Å². The van der Waals surface area contributed by atoms with Gasteiger partial charge in [-0.2, -0.15) is 5.26 Å². The van der Waals surface area contributed by atoms with Crippen LogP contribution in [0.15, 0.2) is 72.9 Å². The van der Waals surface area contributed by atoms with Crippen molar-refractivity contribution in [2.24, 2.45) is 11.3 Å². The number of nitriles is 1. The molecule has 2 aliphatic rings. The van der Waals surface area contributed by atoms with Crippen LogP contribution in [0.1, 0.15) is 54.1 Å². The third kappa shape index (κ3) is 3.97. The van der Waals surface area contributed by atoms with Crippen LogP contribution in [0.2, 0.25) is 0 Å². The van der Waals surface area contributed by atoms with Gasteiger partial charge in [0.15, 0.2) is 0 Å². The average molecular weight is 478 g/mol. The van der Waals surface area contributed by atoms with Crippen LogP contribution in [0, 0.1) is 28.5 Å². The number of rotatable bonds is 5. The largest absolute Gasteiger partial charge is 0.349 e. The lowest BCUT2D eigenvalue weighted by Gasteiger charge is -2.57. The number of amides is 1. The van der Waals surface area contributed by atoms with Gasteiger partial charge in [0.05, 0.1) is 22.7 Å². The zero-order chi connectivity index (χ0) is 24.9. The Kier molecular flexibility index (Phi) is 5.41. The van der Waals surface area contributed by atoms with Crippen molar-refractivity contribution in [3.63, 3.8) is 0 Å². The second-order valence-electron chi connectivity index (χ2n) is 10.8. The van der Waals surface area contributed by atoms with Gasteiger partial charge in [-0.15, -0.1) is 0 Å². The molecule has 2 saturated carbocycles. The average Bonchev–Trinajstić information content (AvgIpc) is 3.27. The Labute approximate surface area is 210 Å². The molecular weight excluding hydrogens is 449 g/mol. The number of nitrogens with one attached hydrogen (secondary N) is 1. The molecule has 2 fully saturated rings. The molecule has 5 heteroatoms. The summed E-state index contributed by atoms with van der Waals surface area (Å²) >= 11 is 0. The molecule has 0 unspecified atom stereocenters. The number of benzene rings is 3. The number of hydrogen-bond donors (Lipinski definition) is 1. The molecule has 0 saturated heterocycles. The van der Waals surface area contributed by atoms with E-state index in [2.05, 4.69) is 18.3 Å². The minimum absolute atomic E-state index is 0.122. The summed E-state index contributed by atoms with van der Waals surface area (Å²) in [6.45, 7) is 2.83. The molecule has 3 aromatic carbocycles. The van der Waals surface area contributed by atoms with Crippen LogP contribution in [0.4, 0.5) is 4.39 Å². The van der Waals surface area contributed by atoms with Gasteiger partial charge in [-0.3, -0.25) is 4.79 Å². The van der Waals surface area contributed by atoms with E-state index in [-0.39, 0.29) is 17.8 Å². The molecule has 1 spiro atoms. The fraction of sp³-hybridized carbons (Fsp3) is 0.290. The summed E-state index contributed by atoms with van der Waals surface area (Å²) < 4.78 is 16.6. The summed E-state index contributed by atoms with van der Waals surface area (Å²) in [7, 11) is 0. The van der Waals surface area contributed by atoms with Crippen LogP contribution in [0.25, 0.3) is 22.0 Å². The molecule has 4 nitrogen and oxygen atoms in total. The Hall–Kier alpha value is -3.91. The number of aromatic nitrogens is 1. The van der Waals surface area contributed by atoms with E-state index in [4.69, 9.17) is 5.26 Å². The van der Waals surface area contributed by atoms with Crippen molar-refractivity contribution in [2.75, 3.05) is 0 Å². The molecule has 1 aromatic heterocycles. The van der Waals surface area contributed by atoms with Gasteiger partial charge in [-0.05, 0) is 84.0 Å². The molecular formula is C31H28FN3O. The van der Waals surface area contributed by atoms with Gasteiger partial charge < -0.3 is 9.88 Å². The Bertz CT molecular complexity index is 1480. The van der Waals surface area contributed by atoms with Gasteiger partial charge in [-0.1, -0.05) is 43.3 Å². The van der Waals surface area contributed by atoms with Crippen molar-refractivity contribution >= 4 is 16.8 Å². The van der Waals surface area contributed by atoms with E-state index in [1.165, 1.54) is 18.9 Å². The van der Waals surface area contributed by atoms with Crippen LogP contribution >= 0.6 is 0 Å². The summed E-state index contributed by atoms with van der Waals surface area (Å²) in [5, 5.41) is 12.7. The first kappa shape index (κ1) is 22.5. The van der Waals surface area contributed by atoms with Gasteiger partial charge in [0.25, 0.3) is 5.91 Å². The molecule has 4 aromatic rings. The maximum atomic E-state index is 14.6. The molecule has 0 radical (unpaired) electrons. The van der Waals surface area contributed by atoms with Crippen molar-refractivity contribution in [1.82, 2.24) is 9.88 Å². The Morgan fingerprint density at radius 1 is 1.00 bits per heavy atom. The SMILES string of the molecule is CC1CC2(C1)CC(NC(=O)c1ccc(F)c3ccn(Cc4ccc(-c5ccc(C#N)cc5)cc4)c13)C2. The molecule has 0 bridgehead atoms. The van der Waals surface area contributed by atoms with E-state index in [1.807, 2.05) is 59.3 Å². The molecule has 2 aliphatic carbocycles. The topological polar surface area (TPSA) is 57.8 Å². The van der Waals surface area contributed by atoms with E-state index in [1.54, 1.807) is 12.1 Å². The summed E-state index contributed by atoms with van der Waals surface area (Å²) in [5.41, 5.74) is 5.41. The number of carbonyl (C=O) groups is 1. The normalized spacial score (nSPS) is 22.6. The lowest BCUT2D eigenvalue weighted by Crippen LogP contribution is -2.55. The summed E-state index contributed by atoms with van der Waals surface area (Å²) in [6, 6.07) is 22.8. The fourth-order valence-electron chi connectivity index (χ4n) is 6.44. The van der Waals surface area contributed by atoms with Gasteiger partial charge >= 0.3 is 0 Å². The van der Waals surface area contributed by atoms with E-state index in [0.717, 1.165) is 35.4 Å². The maximum Gasteiger partial charge on any atom is 0.253 e. The predicted octanol–water partition coefficient (Wildman–Crippen LogP) is 6.68. The Morgan fingerprint density at radius 3 is 2.31 bits per heavy atom. The highest BCUT2D eigenvalue weighted by molar-refractivity contribution is 6.06. The molecule has 180 valence electrons. The number of hydrogen-bond acceptors (Lipinski definition) is 2. The van der Waals surface area contributed by atoms with Crippen molar-refractivity contribution < 1.29 is 9.18 Å². The summed E-state index contributed by atoms with van der Waals surface area (Å²) in [6.07, 6.45) is 6.51. The standard InChI is InChI=1S/C31H28FN3O/c1-20-14-31(15-20)16-25(17-31)34-30(36)27-10-11-28(32)26-12-13-35(29(26)27)19-22-4-8-24(9-5-22)23-6-2-21(18-33)3-7-23/h2-13,20,25H,14-17,19H2,1H3,(H,34,36). The fourth-order valence-corrected chi connectivity index (χ4v) is 6.44. The molecule has 36 heavy (non-hydrogen) atoms. The van der Waals surface area contributed by atoms with E-state index in [0.29, 0.717) is 34.0 Å². The lowest BCUT2D eigenvalue weighted by molar-refractivity contribution is -0.0399. The number of fused-ring (bicyclic) bond motifs is 1. The monoisotopic (exact) mass is 477 g/mol. The lowest BCUT2D eigenvalue weighted by atomic mass is 9.50. The molecule has 1 heterocycles. The van der Waals surface area contributed by atoms with Gasteiger partial charge in [0, 0.05) is 24.2 Å². The second kappa shape index (κ2) is 8.64. The highest BCUT2D eigenvalue weighted by Crippen LogP contribution is 2.58. The van der Waals surface area contributed by atoms with E-state index >= 15 is 0 Å². The third-order valence-electron chi connectivity index (χ3n) is 8.03. The zero-order valence-electron chi connectivity index (χ0n) is 20.3. The smallest absolute Gasteiger partial charge is 0.253 e. The predicted molar refractivity (Wildman–Crippen MR) is 139 cm³/mol. The van der Waals surface area contributed by atoms with Crippen LogP contribution in [-0.4, -0.2) is 16.5 Å². The third-order valence-corrected chi connectivity index (χ3v) is 8.03. The van der Waals surface area contributed by atoms with Gasteiger partial charge in [0.2, 0.25) is 0 Å². The zero-order valence-corrected chi connectivity index (χ0v) is 20.3. The molecule has 1 amide bonds. The molecule has 1 N–H and O–H groups in total. The quantitative estimate of drug-likeness (QED) is 0.349. The van der Waals surface area contributed by atoms with Crippen molar-refractivity contribution in [1.29, 1.82) is 5.26 Å². The van der Waals surface area contributed by atoms with Crippen molar-refractivity contribution in [2.45, 2.75) is 45.2 Å². The van der Waals surface area contributed by atoms with Crippen LogP contribution in [0.3, 0.4) is 0 Å². The second-order valence-corrected chi connectivity index (χ2v) is 10.8. The highest BCUT2D eigenvalue weighted by atomic mass is 19.1. The Balaban J connectivity index is 1.22. The molecule has 0 atom stereocenters. The first-order valence-corrected chi connectivity index (χ1v) is 12.6. The number of halogens is 1. The summed E-state index contributed by atoms with van der Waals surface area (Å²) in [4.78, 5) is 13.2. The van der Waals surface area contributed by atoms with Gasteiger partial charge in [0.1, 0.15) is 5.82 Å².